The van der Waals surface area contributed by atoms with Crippen molar-refractivity contribution in [3.8, 4) is 0 Å². The van der Waals surface area contributed by atoms with Gasteiger partial charge in [-0.25, -0.2) is 0 Å². The smallest absolute Gasteiger partial charge is 0.0190 e. The second-order valence-corrected chi connectivity index (χ2v) is 8.37. The van der Waals surface area contributed by atoms with Crippen LogP contribution in [-0.2, 0) is 23.0 Å². The number of rotatable bonds is 0. The summed E-state index contributed by atoms with van der Waals surface area (Å²) in [6, 6.07) is 9.63. The lowest BCUT2D eigenvalue weighted by Gasteiger charge is -2.16. The van der Waals surface area contributed by atoms with Gasteiger partial charge in [0, 0.05) is 23.0 Å². The minimum atomic E-state index is 1.12. The van der Waals surface area contributed by atoms with Crippen molar-refractivity contribution < 1.29 is 0 Å². The lowest BCUT2D eigenvalue weighted by molar-refractivity contribution is 1.18. The summed E-state index contributed by atoms with van der Waals surface area (Å²) in [5, 5.41) is 0. The fraction of sp³-hybridized carbons (Fsp3) is 0.400. The van der Waals surface area contributed by atoms with Crippen LogP contribution in [0, 0.1) is 27.7 Å². The molecule has 2 aromatic carbocycles. The van der Waals surface area contributed by atoms with Crippen LogP contribution < -0.4 is 0 Å². The van der Waals surface area contributed by atoms with Gasteiger partial charge in [0.05, 0.1) is 0 Å². The highest BCUT2D eigenvalue weighted by Gasteiger charge is 2.10. The maximum atomic E-state index is 2.44. The van der Waals surface area contributed by atoms with Gasteiger partial charge in [0.15, 0.2) is 0 Å². The molecule has 3 rings (SSSR count). The summed E-state index contributed by atoms with van der Waals surface area (Å²) >= 11 is 4.09. The summed E-state index contributed by atoms with van der Waals surface area (Å²) in [5.41, 5.74) is 11.8. The molecule has 1 aliphatic rings. The Hall–Kier alpha value is -0.860. The highest BCUT2D eigenvalue weighted by atomic mass is 32.2. The average molecular weight is 329 g/mol. The first-order valence-corrected chi connectivity index (χ1v) is 10.2. The Kier molecular flexibility index (Phi) is 4.89. The van der Waals surface area contributed by atoms with Crippen molar-refractivity contribution in [2.45, 2.75) is 50.7 Å². The van der Waals surface area contributed by atoms with E-state index >= 15 is 0 Å². The first-order chi connectivity index (χ1) is 10.5. The van der Waals surface area contributed by atoms with Gasteiger partial charge >= 0.3 is 0 Å². The molecule has 4 bridgehead atoms. The van der Waals surface area contributed by atoms with E-state index in [9.17, 15) is 0 Å². The maximum Gasteiger partial charge on any atom is 0.0190 e. The van der Waals surface area contributed by atoms with Crippen molar-refractivity contribution in [1.82, 2.24) is 0 Å². The molecule has 0 saturated heterocycles. The summed E-state index contributed by atoms with van der Waals surface area (Å²) < 4.78 is 0. The third-order valence-electron chi connectivity index (χ3n) is 4.62. The van der Waals surface area contributed by atoms with Gasteiger partial charge in [0.1, 0.15) is 0 Å². The Bertz CT molecular complexity index is 589. The van der Waals surface area contributed by atoms with E-state index in [-0.39, 0.29) is 0 Å². The van der Waals surface area contributed by atoms with Gasteiger partial charge in [-0.15, -0.1) is 0 Å². The minimum Gasteiger partial charge on any atom is -0.152 e. The number of hydrogen-bond acceptors (Lipinski definition) is 2. The van der Waals surface area contributed by atoms with Crippen LogP contribution in [0.25, 0.3) is 0 Å². The van der Waals surface area contributed by atoms with Gasteiger partial charge in [-0.1, -0.05) is 24.3 Å². The van der Waals surface area contributed by atoms with Crippen molar-refractivity contribution in [1.29, 1.82) is 0 Å². The number of thioether (sulfide) groups is 2. The normalized spacial score (nSPS) is 15.1. The van der Waals surface area contributed by atoms with Crippen LogP contribution in [0.15, 0.2) is 24.3 Å². The molecular formula is C20H24S2. The zero-order valence-electron chi connectivity index (χ0n) is 14.0. The fourth-order valence-electron chi connectivity index (χ4n) is 3.06. The van der Waals surface area contributed by atoms with E-state index in [1.54, 1.807) is 0 Å². The molecule has 0 fully saturated rings. The lowest BCUT2D eigenvalue weighted by atomic mass is 10.0. The van der Waals surface area contributed by atoms with E-state index in [0.29, 0.717) is 0 Å². The van der Waals surface area contributed by atoms with E-state index < -0.39 is 0 Å². The van der Waals surface area contributed by atoms with Crippen LogP contribution in [-0.4, -0.2) is 0 Å². The van der Waals surface area contributed by atoms with Gasteiger partial charge in [-0.2, -0.15) is 23.5 Å². The Morgan fingerprint density at radius 2 is 0.773 bits per heavy atom. The van der Waals surface area contributed by atoms with Crippen LogP contribution in [0.1, 0.15) is 44.5 Å². The van der Waals surface area contributed by atoms with Gasteiger partial charge in [0.2, 0.25) is 0 Å². The summed E-state index contributed by atoms with van der Waals surface area (Å²) in [5.74, 6) is 4.47. The molecule has 2 heteroatoms. The molecular weight excluding hydrogens is 304 g/mol. The molecule has 0 N–H and O–H groups in total. The molecule has 0 amide bonds. The predicted octanol–water partition coefficient (Wildman–Crippen LogP) is 6.10. The number of benzene rings is 2. The van der Waals surface area contributed by atoms with E-state index in [0.717, 1.165) is 23.0 Å². The highest BCUT2D eigenvalue weighted by molar-refractivity contribution is 7.98. The van der Waals surface area contributed by atoms with Crippen LogP contribution in [0.4, 0.5) is 0 Å². The first kappa shape index (κ1) is 16.0. The van der Waals surface area contributed by atoms with Crippen molar-refractivity contribution in [2.75, 3.05) is 0 Å². The Morgan fingerprint density at radius 1 is 0.500 bits per heavy atom. The molecule has 0 spiro atoms. The molecule has 0 saturated carbocycles. The van der Waals surface area contributed by atoms with Crippen molar-refractivity contribution in [3.63, 3.8) is 0 Å². The second-order valence-electron chi connectivity index (χ2n) is 6.40. The molecule has 22 heavy (non-hydrogen) atoms. The average Bonchev–Trinajstić information content (AvgIpc) is 2.45. The Labute approximate surface area is 143 Å². The molecule has 0 aliphatic carbocycles. The van der Waals surface area contributed by atoms with Crippen molar-refractivity contribution >= 4 is 23.5 Å². The second kappa shape index (κ2) is 6.72. The summed E-state index contributed by atoms with van der Waals surface area (Å²) in [6.45, 7) is 9.00. The zero-order chi connectivity index (χ0) is 15.7. The molecule has 0 unspecified atom stereocenters. The van der Waals surface area contributed by atoms with Crippen LogP contribution in [0.5, 0.6) is 0 Å². The molecule has 0 nitrogen and oxygen atoms in total. The van der Waals surface area contributed by atoms with Crippen LogP contribution in [0.2, 0.25) is 0 Å². The van der Waals surface area contributed by atoms with Gasteiger partial charge < -0.3 is 0 Å². The number of fused-ring (bicyclic) bond motifs is 4. The third kappa shape index (κ3) is 3.38. The zero-order valence-corrected chi connectivity index (χ0v) is 15.6. The molecule has 0 aromatic heterocycles. The molecule has 0 radical (unpaired) electrons. The number of aryl methyl sites for hydroxylation is 4. The van der Waals surface area contributed by atoms with Crippen molar-refractivity contribution in [3.05, 3.63) is 68.8 Å². The van der Waals surface area contributed by atoms with Gasteiger partial charge in [-0.05, 0) is 72.2 Å². The van der Waals surface area contributed by atoms with Gasteiger partial charge in [0.25, 0.3) is 0 Å². The summed E-state index contributed by atoms with van der Waals surface area (Å²) in [6.07, 6.45) is 0. The molecule has 2 aromatic rings. The van der Waals surface area contributed by atoms with Crippen LogP contribution in [0.3, 0.4) is 0 Å². The fourth-order valence-corrected chi connectivity index (χ4v) is 5.39. The standard InChI is InChI=1S/C20H24S2/c1-13-5-14(2)18-7-17(13)9-21-11-19-8-20(12-22-10-18)16(4)6-15(19)3/h5-8H,9-12H2,1-4H3. The van der Waals surface area contributed by atoms with E-state index in [1.807, 2.05) is 23.5 Å². The van der Waals surface area contributed by atoms with E-state index in [1.165, 1.54) is 44.5 Å². The quantitative estimate of drug-likeness (QED) is 0.573. The lowest BCUT2D eigenvalue weighted by Crippen LogP contribution is -1.99. The molecule has 1 heterocycles. The van der Waals surface area contributed by atoms with Crippen molar-refractivity contribution in [2.24, 2.45) is 0 Å². The highest BCUT2D eigenvalue weighted by Crippen LogP contribution is 2.30. The SMILES string of the molecule is Cc1cc(C)c2cc1CSCc1cc(c(C)cc1C)CSC2. The Morgan fingerprint density at radius 3 is 1.05 bits per heavy atom. The third-order valence-corrected chi connectivity index (χ3v) is 6.68. The predicted molar refractivity (Wildman–Crippen MR) is 102 cm³/mol. The van der Waals surface area contributed by atoms with E-state index in [4.69, 9.17) is 0 Å². The minimum absolute atomic E-state index is 1.12. The van der Waals surface area contributed by atoms with Gasteiger partial charge in [-0.3, -0.25) is 0 Å². The monoisotopic (exact) mass is 328 g/mol. The van der Waals surface area contributed by atoms with Crippen LogP contribution >= 0.6 is 23.5 Å². The maximum absolute atomic E-state index is 2.44. The molecule has 1 aliphatic heterocycles. The first-order valence-electron chi connectivity index (χ1n) is 7.88. The number of hydrogen-bond donors (Lipinski definition) is 0. The molecule has 116 valence electrons. The Balaban J connectivity index is 1.95. The summed E-state index contributed by atoms with van der Waals surface area (Å²) in [4.78, 5) is 0. The van der Waals surface area contributed by atoms with E-state index in [2.05, 4.69) is 52.0 Å². The molecule has 0 atom stereocenters. The summed E-state index contributed by atoms with van der Waals surface area (Å²) in [7, 11) is 0. The largest absolute Gasteiger partial charge is 0.152 e. The topological polar surface area (TPSA) is 0 Å².